The van der Waals surface area contributed by atoms with Crippen LogP contribution in [-0.2, 0) is 34.1 Å². The molecule has 1 unspecified atom stereocenters. The van der Waals surface area contributed by atoms with E-state index in [1.807, 2.05) is 24.4 Å². The van der Waals surface area contributed by atoms with Crippen LogP contribution in [0.3, 0.4) is 0 Å². The number of aliphatic carboxylic acids is 2. The molecule has 2 aliphatic rings. The van der Waals surface area contributed by atoms with Crippen LogP contribution >= 0.6 is 0 Å². The van der Waals surface area contributed by atoms with Crippen molar-refractivity contribution in [3.05, 3.63) is 47.8 Å². The maximum atomic E-state index is 10.6. The van der Waals surface area contributed by atoms with Gasteiger partial charge in [-0.15, -0.1) is 0 Å². The first-order valence-electron chi connectivity index (χ1n) is 11.6. The molecule has 2 N–H and O–H groups in total. The summed E-state index contributed by atoms with van der Waals surface area (Å²) in [6.45, 7) is 5.60. The van der Waals surface area contributed by atoms with E-state index in [1.54, 1.807) is 6.20 Å². The molecule has 212 valence electrons. The van der Waals surface area contributed by atoms with Gasteiger partial charge in [-0.2, -0.15) is 26.3 Å². The number of carboxylic acid groups (broad SMARTS) is 2. The van der Waals surface area contributed by atoms with Crippen molar-refractivity contribution in [1.29, 1.82) is 0 Å². The quantitative estimate of drug-likeness (QED) is 0.516. The summed E-state index contributed by atoms with van der Waals surface area (Å²) in [5.41, 5.74) is 2.15. The molecule has 1 fully saturated rings. The summed E-state index contributed by atoms with van der Waals surface area (Å²) in [5, 5.41) is 14.2. The first kappa shape index (κ1) is 31.0. The molecule has 0 radical (unpaired) electrons. The van der Waals surface area contributed by atoms with Crippen molar-refractivity contribution < 1.29 is 50.9 Å². The summed E-state index contributed by atoms with van der Waals surface area (Å²) in [6.07, 6.45) is -0.902. The van der Waals surface area contributed by atoms with E-state index in [2.05, 4.69) is 21.4 Å². The van der Waals surface area contributed by atoms with Crippen LogP contribution in [0.15, 0.2) is 30.6 Å². The Morgan fingerprint density at radius 1 is 0.974 bits per heavy atom. The van der Waals surface area contributed by atoms with Crippen LogP contribution in [0.2, 0.25) is 0 Å². The van der Waals surface area contributed by atoms with Crippen molar-refractivity contribution >= 4 is 11.9 Å². The average Bonchev–Trinajstić information content (AvgIpc) is 3.51. The van der Waals surface area contributed by atoms with E-state index in [0.717, 1.165) is 24.8 Å². The Balaban J connectivity index is 0.000000301. The Morgan fingerprint density at radius 2 is 1.55 bits per heavy atom. The van der Waals surface area contributed by atoms with Crippen LogP contribution in [0.5, 0.6) is 0 Å². The van der Waals surface area contributed by atoms with E-state index in [0.29, 0.717) is 19.3 Å². The van der Waals surface area contributed by atoms with Gasteiger partial charge in [0.15, 0.2) is 0 Å². The fourth-order valence-electron chi connectivity index (χ4n) is 4.17. The molecule has 0 bridgehead atoms. The van der Waals surface area contributed by atoms with Crippen LogP contribution in [0.4, 0.5) is 26.3 Å². The smallest absolute Gasteiger partial charge is 0.475 e. The molecule has 1 atom stereocenters. The number of pyridine rings is 1. The Bertz CT molecular complexity index is 1020. The second-order valence-corrected chi connectivity index (χ2v) is 8.53. The second kappa shape index (κ2) is 13.6. The third-order valence-electron chi connectivity index (χ3n) is 5.93. The lowest BCUT2D eigenvalue weighted by Crippen LogP contribution is -2.43. The monoisotopic (exact) mass is 554 g/mol. The summed E-state index contributed by atoms with van der Waals surface area (Å²) < 4.78 is 71.7. The lowest BCUT2D eigenvalue weighted by Gasteiger charge is -2.38. The molecule has 1 saturated carbocycles. The standard InChI is InChI=1S/C19H26N4O.2C2HF3O2/c1-15-19-21-12-18(14-24-13-16-6-4-5-9-20-16)23(19)11-10-22(15)17-7-2-3-8-17;2*3-2(4,5)1(6)7/h4-6,9,12,15,17H,2-3,7-8,10-11,13-14H2,1H3;2*(H,6,7). The largest absolute Gasteiger partial charge is 0.490 e. The van der Waals surface area contributed by atoms with Gasteiger partial charge in [0.1, 0.15) is 5.82 Å². The van der Waals surface area contributed by atoms with Crippen molar-refractivity contribution in [1.82, 2.24) is 19.4 Å². The number of nitrogens with zero attached hydrogens (tertiary/aromatic N) is 4. The van der Waals surface area contributed by atoms with Crippen molar-refractivity contribution in [2.45, 2.75) is 76.8 Å². The SMILES string of the molecule is CC1c2ncc(COCc3ccccn3)n2CCN1C1CCCC1.O=C(O)C(F)(F)F.O=C(O)C(F)(F)F. The summed E-state index contributed by atoms with van der Waals surface area (Å²) in [5.74, 6) is -4.32. The van der Waals surface area contributed by atoms with Gasteiger partial charge >= 0.3 is 24.3 Å². The number of imidazole rings is 1. The third-order valence-corrected chi connectivity index (χ3v) is 5.93. The molecule has 38 heavy (non-hydrogen) atoms. The molecular formula is C23H28F6N4O5. The normalized spacial score (nSPS) is 18.0. The van der Waals surface area contributed by atoms with Crippen LogP contribution in [0.1, 0.15) is 55.9 Å². The molecular weight excluding hydrogens is 526 g/mol. The van der Waals surface area contributed by atoms with E-state index in [1.165, 1.54) is 37.2 Å². The molecule has 1 aliphatic heterocycles. The molecule has 0 spiro atoms. The molecule has 2 aromatic rings. The summed E-state index contributed by atoms with van der Waals surface area (Å²) >= 11 is 0. The molecule has 1 aliphatic carbocycles. The van der Waals surface area contributed by atoms with Crippen molar-refractivity contribution in [2.24, 2.45) is 0 Å². The van der Waals surface area contributed by atoms with Crippen LogP contribution in [0, 0.1) is 0 Å². The minimum atomic E-state index is -5.08. The minimum absolute atomic E-state index is 0.409. The Labute approximate surface area is 214 Å². The topological polar surface area (TPSA) is 118 Å². The summed E-state index contributed by atoms with van der Waals surface area (Å²) in [6, 6.07) is 7.08. The second-order valence-electron chi connectivity index (χ2n) is 8.53. The van der Waals surface area contributed by atoms with Gasteiger partial charge in [-0.05, 0) is 31.9 Å². The minimum Gasteiger partial charge on any atom is -0.475 e. The van der Waals surface area contributed by atoms with Crippen LogP contribution < -0.4 is 0 Å². The van der Waals surface area contributed by atoms with Crippen molar-refractivity contribution in [2.75, 3.05) is 6.54 Å². The number of carbonyl (C=O) groups is 2. The van der Waals surface area contributed by atoms with Crippen LogP contribution in [0.25, 0.3) is 0 Å². The van der Waals surface area contributed by atoms with Crippen molar-refractivity contribution in [3.8, 4) is 0 Å². The third kappa shape index (κ3) is 9.28. The number of ether oxygens (including phenoxy) is 1. The molecule has 0 saturated heterocycles. The Kier molecular flexibility index (Phi) is 11.1. The highest BCUT2D eigenvalue weighted by Crippen LogP contribution is 2.33. The summed E-state index contributed by atoms with van der Waals surface area (Å²) in [7, 11) is 0. The average molecular weight is 554 g/mol. The van der Waals surface area contributed by atoms with E-state index in [-0.39, 0.29) is 0 Å². The van der Waals surface area contributed by atoms with Crippen LogP contribution in [-0.4, -0.2) is 66.5 Å². The molecule has 9 nitrogen and oxygen atoms in total. The molecule has 0 aromatic carbocycles. The summed E-state index contributed by atoms with van der Waals surface area (Å²) in [4.78, 5) is 29.5. The number of halogens is 6. The van der Waals surface area contributed by atoms with E-state index in [4.69, 9.17) is 29.5 Å². The fraction of sp³-hybridized carbons (Fsp3) is 0.565. The van der Waals surface area contributed by atoms with Gasteiger partial charge in [-0.1, -0.05) is 18.9 Å². The molecule has 3 heterocycles. The van der Waals surface area contributed by atoms with E-state index in [9.17, 15) is 26.3 Å². The highest BCUT2D eigenvalue weighted by Gasteiger charge is 2.39. The highest BCUT2D eigenvalue weighted by molar-refractivity contribution is 5.73. The fourth-order valence-corrected chi connectivity index (χ4v) is 4.17. The number of rotatable bonds is 5. The zero-order chi connectivity index (χ0) is 28.5. The maximum Gasteiger partial charge on any atom is 0.490 e. The number of carboxylic acids is 2. The maximum absolute atomic E-state index is 10.6. The van der Waals surface area contributed by atoms with Gasteiger partial charge in [0.25, 0.3) is 0 Å². The van der Waals surface area contributed by atoms with E-state index < -0.39 is 24.3 Å². The molecule has 15 heteroatoms. The zero-order valence-corrected chi connectivity index (χ0v) is 20.4. The van der Waals surface area contributed by atoms with Gasteiger partial charge in [0.05, 0.1) is 36.8 Å². The zero-order valence-electron chi connectivity index (χ0n) is 20.4. The van der Waals surface area contributed by atoms with Gasteiger partial charge < -0.3 is 19.5 Å². The van der Waals surface area contributed by atoms with Gasteiger partial charge in [-0.25, -0.2) is 14.6 Å². The first-order chi connectivity index (χ1) is 17.7. The highest BCUT2D eigenvalue weighted by atomic mass is 19.4. The van der Waals surface area contributed by atoms with E-state index >= 15 is 0 Å². The van der Waals surface area contributed by atoms with Gasteiger partial charge in [0.2, 0.25) is 0 Å². The molecule has 4 rings (SSSR count). The molecule has 2 aromatic heterocycles. The predicted octanol–water partition coefficient (Wildman–Crippen LogP) is 4.58. The Morgan fingerprint density at radius 3 is 2.05 bits per heavy atom. The van der Waals surface area contributed by atoms with Gasteiger partial charge in [-0.3, -0.25) is 9.88 Å². The van der Waals surface area contributed by atoms with Gasteiger partial charge in [0, 0.05) is 25.3 Å². The number of aromatic nitrogens is 3. The molecule has 0 amide bonds. The number of alkyl halides is 6. The van der Waals surface area contributed by atoms with Crippen molar-refractivity contribution in [3.63, 3.8) is 0 Å². The number of fused-ring (bicyclic) bond motifs is 1. The lowest BCUT2D eigenvalue weighted by atomic mass is 10.1. The first-order valence-corrected chi connectivity index (χ1v) is 11.6. The number of hydrogen-bond acceptors (Lipinski definition) is 6. The predicted molar refractivity (Wildman–Crippen MR) is 120 cm³/mol. The number of hydrogen-bond donors (Lipinski definition) is 2. The lowest BCUT2D eigenvalue weighted by molar-refractivity contribution is -0.193. The Hall–Kier alpha value is -3.20.